The summed E-state index contributed by atoms with van der Waals surface area (Å²) in [6, 6.07) is 4.65. The lowest BCUT2D eigenvalue weighted by Gasteiger charge is -2.20. The van der Waals surface area contributed by atoms with Crippen LogP contribution in [0.25, 0.3) is 0 Å². The zero-order valence-electron chi connectivity index (χ0n) is 9.31. The number of amides is 1. The van der Waals surface area contributed by atoms with Crippen LogP contribution < -0.4 is 10.6 Å². The number of nitrogens with two attached hydrogens (primary N) is 1. The number of fused-ring (bicyclic) bond motifs is 1. The summed E-state index contributed by atoms with van der Waals surface area (Å²) in [4.78, 5) is 13.7. The third kappa shape index (κ3) is 1.76. The number of anilines is 1. The molecule has 3 N–H and O–H groups in total. The van der Waals surface area contributed by atoms with E-state index in [1.54, 1.807) is 23.1 Å². The van der Waals surface area contributed by atoms with Crippen LogP contribution in [0.5, 0.6) is 5.75 Å². The summed E-state index contributed by atoms with van der Waals surface area (Å²) in [7, 11) is 0. The number of carbonyl (C=O) groups is 1. The summed E-state index contributed by atoms with van der Waals surface area (Å²) < 4.78 is 0. The third-order valence-electron chi connectivity index (χ3n) is 2.98. The van der Waals surface area contributed by atoms with E-state index >= 15 is 0 Å². The van der Waals surface area contributed by atoms with Crippen LogP contribution in [0.4, 0.5) is 5.69 Å². The molecule has 0 radical (unpaired) electrons. The van der Waals surface area contributed by atoms with Crippen molar-refractivity contribution in [2.75, 3.05) is 11.4 Å². The molecule has 1 heterocycles. The predicted octanol–water partition coefficient (Wildman–Crippen LogP) is 1.02. The van der Waals surface area contributed by atoms with Crippen LogP contribution in [0, 0.1) is 0 Å². The Labute approximate surface area is 94.7 Å². The summed E-state index contributed by atoms with van der Waals surface area (Å²) in [5, 5.41) is 9.35. The van der Waals surface area contributed by atoms with Gasteiger partial charge in [0.05, 0.1) is 6.04 Å². The van der Waals surface area contributed by atoms with Gasteiger partial charge < -0.3 is 15.7 Å². The predicted molar refractivity (Wildman–Crippen MR) is 62.4 cm³/mol. The van der Waals surface area contributed by atoms with E-state index in [-0.39, 0.29) is 11.7 Å². The molecule has 1 aliphatic heterocycles. The lowest BCUT2D eigenvalue weighted by atomic mass is 10.1. The fourth-order valence-corrected chi connectivity index (χ4v) is 1.99. The van der Waals surface area contributed by atoms with Gasteiger partial charge in [0.1, 0.15) is 5.75 Å². The third-order valence-corrected chi connectivity index (χ3v) is 2.98. The molecule has 1 amide bonds. The maximum Gasteiger partial charge on any atom is 0.243 e. The minimum absolute atomic E-state index is 0.0352. The van der Waals surface area contributed by atoms with Crippen LogP contribution in [-0.4, -0.2) is 23.6 Å². The second-order valence-electron chi connectivity index (χ2n) is 4.07. The van der Waals surface area contributed by atoms with Crippen molar-refractivity contribution < 1.29 is 9.90 Å². The van der Waals surface area contributed by atoms with Crippen molar-refractivity contribution in [2.45, 2.75) is 25.8 Å². The molecule has 86 valence electrons. The monoisotopic (exact) mass is 220 g/mol. The molecule has 0 aromatic heterocycles. The second-order valence-corrected chi connectivity index (χ2v) is 4.07. The minimum atomic E-state index is -0.431. The quantitative estimate of drug-likeness (QED) is 0.782. The molecule has 0 aliphatic carbocycles. The van der Waals surface area contributed by atoms with Crippen molar-refractivity contribution >= 4 is 11.6 Å². The average Bonchev–Trinajstić information content (AvgIpc) is 2.69. The van der Waals surface area contributed by atoms with E-state index in [1.165, 1.54) is 0 Å². The molecule has 1 aromatic rings. The number of nitrogens with zero attached hydrogens (tertiary/aromatic N) is 1. The first kappa shape index (κ1) is 11.0. The Hall–Kier alpha value is -1.55. The molecule has 4 heteroatoms. The molecule has 1 atom stereocenters. The van der Waals surface area contributed by atoms with E-state index in [9.17, 15) is 9.90 Å². The van der Waals surface area contributed by atoms with E-state index in [0.29, 0.717) is 13.0 Å². The zero-order chi connectivity index (χ0) is 11.7. The minimum Gasteiger partial charge on any atom is -0.508 e. The summed E-state index contributed by atoms with van der Waals surface area (Å²) >= 11 is 0. The van der Waals surface area contributed by atoms with Crippen molar-refractivity contribution in [3.8, 4) is 5.75 Å². The van der Waals surface area contributed by atoms with Crippen molar-refractivity contribution in [3.63, 3.8) is 0 Å². The van der Waals surface area contributed by atoms with Crippen molar-refractivity contribution in [1.82, 2.24) is 0 Å². The van der Waals surface area contributed by atoms with Crippen LogP contribution in [0.2, 0.25) is 0 Å². The highest BCUT2D eigenvalue weighted by Crippen LogP contribution is 2.31. The van der Waals surface area contributed by atoms with Crippen LogP contribution >= 0.6 is 0 Å². The van der Waals surface area contributed by atoms with Crippen molar-refractivity contribution in [2.24, 2.45) is 5.73 Å². The topological polar surface area (TPSA) is 66.6 Å². The van der Waals surface area contributed by atoms with Crippen molar-refractivity contribution in [3.05, 3.63) is 23.8 Å². The molecule has 4 nitrogen and oxygen atoms in total. The Kier molecular flexibility index (Phi) is 2.83. The summed E-state index contributed by atoms with van der Waals surface area (Å²) in [5.74, 6) is 0.208. The molecule has 2 rings (SSSR count). The summed E-state index contributed by atoms with van der Waals surface area (Å²) in [5.41, 5.74) is 7.63. The highest BCUT2D eigenvalue weighted by atomic mass is 16.3. The number of carbonyl (C=O) groups excluding carboxylic acids is 1. The molecule has 0 saturated heterocycles. The van der Waals surface area contributed by atoms with Crippen LogP contribution in [0.3, 0.4) is 0 Å². The molecular formula is C12H16N2O2. The fourth-order valence-electron chi connectivity index (χ4n) is 1.99. The lowest BCUT2D eigenvalue weighted by Crippen LogP contribution is -2.42. The van der Waals surface area contributed by atoms with Gasteiger partial charge in [-0.05, 0) is 36.6 Å². The Bertz CT molecular complexity index is 417. The standard InChI is InChI=1S/C12H16N2O2/c1-2-10(13)12(16)14-6-5-8-7-9(15)3-4-11(8)14/h3-4,7,10,15H,2,5-6,13H2,1H3. The molecule has 0 spiro atoms. The number of hydrogen-bond donors (Lipinski definition) is 2. The largest absolute Gasteiger partial charge is 0.508 e. The van der Waals surface area contributed by atoms with Gasteiger partial charge >= 0.3 is 0 Å². The first-order chi connectivity index (χ1) is 7.63. The van der Waals surface area contributed by atoms with Gasteiger partial charge in [-0.2, -0.15) is 0 Å². The number of rotatable bonds is 2. The molecule has 0 fully saturated rings. The number of phenols is 1. The molecule has 0 saturated carbocycles. The SMILES string of the molecule is CCC(N)C(=O)N1CCc2cc(O)ccc21. The van der Waals surface area contributed by atoms with E-state index in [0.717, 1.165) is 17.7 Å². The molecule has 16 heavy (non-hydrogen) atoms. The maximum atomic E-state index is 12.0. The Morgan fingerprint density at radius 3 is 3.06 bits per heavy atom. The van der Waals surface area contributed by atoms with E-state index in [4.69, 9.17) is 5.73 Å². The number of phenolic OH excluding ortho intramolecular Hbond substituents is 1. The molecule has 1 aliphatic rings. The van der Waals surface area contributed by atoms with Gasteiger partial charge in [0.2, 0.25) is 5.91 Å². The van der Waals surface area contributed by atoms with Gasteiger partial charge in [0.25, 0.3) is 0 Å². The van der Waals surface area contributed by atoms with E-state index in [2.05, 4.69) is 0 Å². The average molecular weight is 220 g/mol. The number of aromatic hydroxyl groups is 1. The fraction of sp³-hybridized carbons (Fsp3) is 0.417. The molecule has 0 bridgehead atoms. The number of benzene rings is 1. The van der Waals surface area contributed by atoms with Gasteiger partial charge in [-0.25, -0.2) is 0 Å². The van der Waals surface area contributed by atoms with Gasteiger partial charge in [-0.1, -0.05) is 6.92 Å². The van der Waals surface area contributed by atoms with Gasteiger partial charge in [-0.3, -0.25) is 4.79 Å². The Balaban J connectivity index is 2.27. The normalized spacial score (nSPS) is 16.0. The Morgan fingerprint density at radius 1 is 1.62 bits per heavy atom. The molecular weight excluding hydrogens is 204 g/mol. The first-order valence-electron chi connectivity index (χ1n) is 5.52. The first-order valence-corrected chi connectivity index (χ1v) is 5.52. The summed E-state index contributed by atoms with van der Waals surface area (Å²) in [6.45, 7) is 2.56. The molecule has 1 aromatic carbocycles. The smallest absolute Gasteiger partial charge is 0.243 e. The highest BCUT2D eigenvalue weighted by molar-refractivity contribution is 5.98. The number of hydrogen-bond acceptors (Lipinski definition) is 3. The van der Waals surface area contributed by atoms with Crippen LogP contribution in [0.15, 0.2) is 18.2 Å². The second kappa shape index (κ2) is 4.14. The van der Waals surface area contributed by atoms with Crippen LogP contribution in [-0.2, 0) is 11.2 Å². The zero-order valence-corrected chi connectivity index (χ0v) is 9.31. The van der Waals surface area contributed by atoms with Gasteiger partial charge in [0, 0.05) is 12.2 Å². The van der Waals surface area contributed by atoms with E-state index in [1.807, 2.05) is 6.92 Å². The van der Waals surface area contributed by atoms with Gasteiger partial charge in [-0.15, -0.1) is 0 Å². The highest BCUT2D eigenvalue weighted by Gasteiger charge is 2.27. The summed E-state index contributed by atoms with van der Waals surface area (Å²) in [6.07, 6.45) is 1.43. The molecule has 1 unspecified atom stereocenters. The van der Waals surface area contributed by atoms with E-state index < -0.39 is 6.04 Å². The Morgan fingerprint density at radius 2 is 2.38 bits per heavy atom. The maximum absolute atomic E-state index is 12.0. The van der Waals surface area contributed by atoms with Gasteiger partial charge in [0.15, 0.2) is 0 Å². The van der Waals surface area contributed by atoms with Crippen molar-refractivity contribution in [1.29, 1.82) is 0 Å². The lowest BCUT2D eigenvalue weighted by molar-refractivity contribution is -0.119. The van der Waals surface area contributed by atoms with Crippen LogP contribution in [0.1, 0.15) is 18.9 Å².